The Morgan fingerprint density at radius 1 is 1.15 bits per heavy atom. The number of pyridine rings is 1. The summed E-state index contributed by atoms with van der Waals surface area (Å²) in [6.45, 7) is 1.27. The molecule has 9 nitrogen and oxygen atoms in total. The summed E-state index contributed by atoms with van der Waals surface area (Å²) in [6, 6.07) is 7.89. The van der Waals surface area contributed by atoms with Gasteiger partial charge in [-0.05, 0) is 43.0 Å². The zero-order valence-corrected chi connectivity index (χ0v) is 19.4. The average molecular weight is 508 g/mol. The van der Waals surface area contributed by atoms with E-state index in [2.05, 4.69) is 42.4 Å². The molecule has 0 bridgehead atoms. The van der Waals surface area contributed by atoms with E-state index in [-0.39, 0.29) is 12.8 Å². The lowest BCUT2D eigenvalue weighted by atomic mass is 10.1. The average Bonchev–Trinajstić information content (AvgIpc) is 3.56. The maximum atomic E-state index is 9.35. The van der Waals surface area contributed by atoms with Gasteiger partial charge in [0.15, 0.2) is 6.23 Å². The molecule has 1 atom stereocenters. The number of hydrogen-bond acceptors (Lipinski definition) is 6. The zero-order valence-electron chi connectivity index (χ0n) is 17.8. The van der Waals surface area contributed by atoms with Crippen LogP contribution in [0.5, 0.6) is 0 Å². The number of ether oxygens (including phenoxy) is 1. The second-order valence-corrected chi connectivity index (χ2v) is 9.21. The third kappa shape index (κ3) is 3.84. The normalized spacial score (nSPS) is 16.7. The first-order valence-electron chi connectivity index (χ1n) is 10.9. The molecule has 1 fully saturated rings. The first kappa shape index (κ1) is 20.5. The van der Waals surface area contributed by atoms with Gasteiger partial charge in [-0.1, -0.05) is 27.2 Å². The van der Waals surface area contributed by atoms with Crippen molar-refractivity contribution in [2.75, 3.05) is 6.61 Å². The first-order chi connectivity index (χ1) is 16.2. The first-order valence-corrected chi connectivity index (χ1v) is 11.7. The van der Waals surface area contributed by atoms with Gasteiger partial charge < -0.3 is 14.2 Å². The van der Waals surface area contributed by atoms with Crippen LogP contribution in [0.15, 0.2) is 53.5 Å². The van der Waals surface area contributed by atoms with Crippen molar-refractivity contribution in [3.05, 3.63) is 64.8 Å². The number of aliphatic hydroxyl groups is 1. The predicted molar refractivity (Wildman–Crippen MR) is 126 cm³/mol. The van der Waals surface area contributed by atoms with Crippen LogP contribution in [-0.4, -0.2) is 45.9 Å². The molecule has 168 valence electrons. The summed E-state index contributed by atoms with van der Waals surface area (Å²) in [6.07, 6.45) is 10.8. The van der Waals surface area contributed by atoms with Crippen molar-refractivity contribution in [1.82, 2.24) is 34.2 Å². The molecule has 1 saturated heterocycles. The van der Waals surface area contributed by atoms with Crippen molar-refractivity contribution >= 4 is 32.5 Å². The minimum Gasteiger partial charge on any atom is -0.392 e. The summed E-state index contributed by atoms with van der Waals surface area (Å²) < 4.78 is 12.6. The SMILES string of the molecule is OCc1ccc2nc(Cn3cc(-c4cc(Br)cc5c4cnn5C4CCCCO4)nn3)cn2c1. The number of benzene rings is 1. The number of hydrogen-bond donors (Lipinski definition) is 1. The van der Waals surface area contributed by atoms with E-state index in [1.165, 1.54) is 0 Å². The van der Waals surface area contributed by atoms with E-state index < -0.39 is 0 Å². The van der Waals surface area contributed by atoms with Crippen LogP contribution < -0.4 is 0 Å². The van der Waals surface area contributed by atoms with E-state index in [4.69, 9.17) is 4.74 Å². The summed E-state index contributed by atoms with van der Waals surface area (Å²) in [7, 11) is 0. The van der Waals surface area contributed by atoms with Crippen LogP contribution in [0.4, 0.5) is 0 Å². The molecule has 1 aromatic carbocycles. The van der Waals surface area contributed by atoms with Gasteiger partial charge in [-0.25, -0.2) is 14.3 Å². The lowest BCUT2D eigenvalue weighted by Gasteiger charge is -2.23. The van der Waals surface area contributed by atoms with Crippen molar-refractivity contribution < 1.29 is 9.84 Å². The topological polar surface area (TPSA) is 95.3 Å². The van der Waals surface area contributed by atoms with Crippen molar-refractivity contribution in [2.45, 2.75) is 38.6 Å². The molecule has 0 amide bonds. The third-order valence-corrected chi connectivity index (χ3v) is 6.45. The summed E-state index contributed by atoms with van der Waals surface area (Å²) >= 11 is 3.65. The molecule has 0 aliphatic carbocycles. The van der Waals surface area contributed by atoms with Crippen LogP contribution in [-0.2, 0) is 17.9 Å². The van der Waals surface area contributed by atoms with E-state index in [1.807, 2.05) is 52.1 Å². The molecular weight excluding hydrogens is 486 g/mol. The maximum Gasteiger partial charge on any atom is 0.150 e. The summed E-state index contributed by atoms with van der Waals surface area (Å²) in [5.74, 6) is 0. The quantitative estimate of drug-likeness (QED) is 0.387. The largest absolute Gasteiger partial charge is 0.392 e. The number of halogens is 1. The smallest absolute Gasteiger partial charge is 0.150 e. The van der Waals surface area contributed by atoms with Gasteiger partial charge in [0.1, 0.15) is 11.3 Å². The highest BCUT2D eigenvalue weighted by molar-refractivity contribution is 9.10. The molecule has 1 unspecified atom stereocenters. The van der Waals surface area contributed by atoms with Gasteiger partial charge in [-0.2, -0.15) is 5.10 Å². The van der Waals surface area contributed by atoms with Crippen molar-refractivity contribution in [1.29, 1.82) is 0 Å². The number of aliphatic hydroxyl groups excluding tert-OH is 1. The molecular formula is C23H22BrN7O2. The van der Waals surface area contributed by atoms with Gasteiger partial charge in [-0.3, -0.25) is 0 Å². The summed E-state index contributed by atoms with van der Waals surface area (Å²) in [5.41, 5.74) is 5.29. The van der Waals surface area contributed by atoms with E-state index >= 15 is 0 Å². The highest BCUT2D eigenvalue weighted by Gasteiger charge is 2.21. The van der Waals surface area contributed by atoms with E-state index in [9.17, 15) is 5.11 Å². The fourth-order valence-corrected chi connectivity index (χ4v) is 4.84. The maximum absolute atomic E-state index is 9.35. The van der Waals surface area contributed by atoms with Crippen LogP contribution in [0.3, 0.4) is 0 Å². The Morgan fingerprint density at radius 2 is 2.09 bits per heavy atom. The highest BCUT2D eigenvalue weighted by atomic mass is 79.9. The monoisotopic (exact) mass is 507 g/mol. The number of aromatic nitrogens is 7. The van der Waals surface area contributed by atoms with Gasteiger partial charge >= 0.3 is 0 Å². The van der Waals surface area contributed by atoms with Crippen molar-refractivity contribution in [3.8, 4) is 11.3 Å². The summed E-state index contributed by atoms with van der Waals surface area (Å²) in [5, 5.41) is 23.8. The summed E-state index contributed by atoms with van der Waals surface area (Å²) in [4.78, 5) is 4.64. The van der Waals surface area contributed by atoms with Gasteiger partial charge in [-0.15, -0.1) is 5.10 Å². The second-order valence-electron chi connectivity index (χ2n) is 8.29. The number of fused-ring (bicyclic) bond motifs is 2. The fraction of sp³-hybridized carbons (Fsp3) is 0.304. The minimum atomic E-state index is -0.0320. The Kier molecular flexibility index (Phi) is 5.20. The van der Waals surface area contributed by atoms with Crippen LogP contribution in [0.25, 0.3) is 27.8 Å². The molecule has 1 N–H and O–H groups in total. The van der Waals surface area contributed by atoms with Crippen molar-refractivity contribution in [2.24, 2.45) is 0 Å². The van der Waals surface area contributed by atoms with Crippen molar-refractivity contribution in [3.63, 3.8) is 0 Å². The molecule has 1 aliphatic rings. The van der Waals surface area contributed by atoms with Gasteiger partial charge in [0.25, 0.3) is 0 Å². The van der Waals surface area contributed by atoms with Crippen LogP contribution in [0.1, 0.15) is 36.7 Å². The molecule has 0 spiro atoms. The molecule has 10 heteroatoms. The zero-order chi connectivity index (χ0) is 22.4. The lowest BCUT2D eigenvalue weighted by Crippen LogP contribution is -2.18. The predicted octanol–water partition coefficient (Wildman–Crippen LogP) is 3.94. The number of imidazole rings is 1. The number of nitrogens with zero attached hydrogens (tertiary/aromatic N) is 7. The molecule has 5 heterocycles. The Morgan fingerprint density at radius 3 is 2.94 bits per heavy atom. The molecule has 5 aromatic rings. The highest BCUT2D eigenvalue weighted by Crippen LogP contribution is 2.34. The Hall–Kier alpha value is -3.08. The molecule has 33 heavy (non-hydrogen) atoms. The van der Waals surface area contributed by atoms with Gasteiger partial charge in [0.2, 0.25) is 0 Å². The number of rotatable bonds is 5. The molecule has 6 rings (SSSR count). The Bertz CT molecular complexity index is 1450. The Labute approximate surface area is 197 Å². The molecule has 4 aromatic heterocycles. The molecule has 0 saturated carbocycles. The van der Waals surface area contributed by atoms with E-state index in [0.29, 0.717) is 6.54 Å². The van der Waals surface area contributed by atoms with E-state index in [1.54, 1.807) is 4.68 Å². The lowest BCUT2D eigenvalue weighted by molar-refractivity contribution is -0.0366. The Balaban J connectivity index is 1.32. The molecule has 1 aliphatic heterocycles. The van der Waals surface area contributed by atoms with Crippen LogP contribution in [0, 0.1) is 0 Å². The van der Waals surface area contributed by atoms with Crippen LogP contribution >= 0.6 is 15.9 Å². The van der Waals surface area contributed by atoms with E-state index in [0.717, 1.165) is 69.4 Å². The van der Waals surface area contributed by atoms with Gasteiger partial charge in [0, 0.05) is 34.4 Å². The fourth-order valence-electron chi connectivity index (χ4n) is 4.39. The molecule has 0 radical (unpaired) electrons. The standard InChI is InChI=1S/C23H22BrN7O2/c24-16-7-18(19-9-25-31(21(19)8-16)23-3-1-2-6-33-23)20-13-30(28-27-20)12-17-11-29-10-15(14-32)4-5-22(29)26-17/h4-5,7-11,13,23,32H,1-3,6,12,14H2. The van der Waals surface area contributed by atoms with Crippen LogP contribution in [0.2, 0.25) is 0 Å². The minimum absolute atomic E-state index is 0.000446. The second kappa shape index (κ2) is 8.36. The van der Waals surface area contributed by atoms with Gasteiger partial charge in [0.05, 0.1) is 36.8 Å². The third-order valence-electron chi connectivity index (χ3n) is 5.99.